The lowest BCUT2D eigenvalue weighted by Crippen LogP contribution is -2.46. The highest BCUT2D eigenvalue weighted by Crippen LogP contribution is 2.33. The fourth-order valence-corrected chi connectivity index (χ4v) is 6.17. The number of rotatable bonds is 7. The van der Waals surface area contributed by atoms with Gasteiger partial charge in [0.1, 0.15) is 4.90 Å². The molecule has 0 spiro atoms. The molecule has 0 saturated heterocycles. The van der Waals surface area contributed by atoms with Crippen LogP contribution in [0, 0.1) is 0 Å². The predicted molar refractivity (Wildman–Crippen MR) is 83.8 cm³/mol. The van der Waals surface area contributed by atoms with Crippen molar-refractivity contribution in [1.82, 2.24) is 4.72 Å². The van der Waals surface area contributed by atoms with Gasteiger partial charge in [-0.05, 0) is 41.3 Å². The number of halogens is 1. The molecule has 19 heavy (non-hydrogen) atoms. The Morgan fingerprint density at radius 2 is 1.84 bits per heavy atom. The standard InChI is InChI=1S/C12H21BrN2O2S2/c1-4-12(5-2,6-3)15-19(16,17)10-7-9(8-14)18-11(10)13/h7,15H,4-6,8,14H2,1-3H3. The van der Waals surface area contributed by atoms with E-state index in [1.807, 2.05) is 20.8 Å². The lowest BCUT2D eigenvalue weighted by atomic mass is 9.91. The average molecular weight is 369 g/mol. The first kappa shape index (κ1) is 17.1. The monoisotopic (exact) mass is 368 g/mol. The summed E-state index contributed by atoms with van der Waals surface area (Å²) in [4.78, 5) is 1.14. The van der Waals surface area contributed by atoms with Gasteiger partial charge in [-0.3, -0.25) is 0 Å². The van der Waals surface area contributed by atoms with Crippen molar-refractivity contribution in [3.63, 3.8) is 0 Å². The lowest BCUT2D eigenvalue weighted by molar-refractivity contribution is 0.341. The van der Waals surface area contributed by atoms with Crippen LogP contribution >= 0.6 is 27.3 Å². The molecule has 1 aromatic heterocycles. The third kappa shape index (κ3) is 3.78. The fraction of sp³-hybridized carbons (Fsp3) is 0.667. The normalized spacial score (nSPS) is 12.9. The van der Waals surface area contributed by atoms with E-state index in [-0.39, 0.29) is 10.4 Å². The van der Waals surface area contributed by atoms with Crippen molar-refractivity contribution >= 4 is 37.3 Å². The Balaban J connectivity index is 3.13. The Bertz CT molecular complexity index is 514. The highest BCUT2D eigenvalue weighted by atomic mass is 79.9. The summed E-state index contributed by atoms with van der Waals surface area (Å²) in [7, 11) is -3.52. The van der Waals surface area contributed by atoms with E-state index in [1.54, 1.807) is 6.07 Å². The van der Waals surface area contributed by atoms with Gasteiger partial charge in [0.2, 0.25) is 10.0 Å². The minimum Gasteiger partial charge on any atom is -0.326 e. The molecule has 0 aliphatic rings. The minimum absolute atomic E-state index is 0.290. The highest BCUT2D eigenvalue weighted by molar-refractivity contribution is 9.11. The number of nitrogens with one attached hydrogen (secondary N) is 1. The summed E-state index contributed by atoms with van der Waals surface area (Å²) in [6.07, 6.45) is 2.31. The summed E-state index contributed by atoms with van der Waals surface area (Å²) < 4.78 is 28.5. The number of sulfonamides is 1. The molecule has 7 heteroatoms. The van der Waals surface area contributed by atoms with Gasteiger partial charge in [0.15, 0.2) is 0 Å². The molecule has 0 fully saturated rings. The molecule has 0 unspecified atom stereocenters. The fourth-order valence-electron chi connectivity index (χ4n) is 1.99. The number of hydrogen-bond acceptors (Lipinski definition) is 4. The molecule has 0 atom stereocenters. The Hall–Kier alpha value is 0.0500. The summed E-state index contributed by atoms with van der Waals surface area (Å²) in [6.45, 7) is 6.36. The maximum absolute atomic E-state index is 12.5. The number of thiophene rings is 1. The quantitative estimate of drug-likeness (QED) is 0.775. The minimum atomic E-state index is -3.52. The van der Waals surface area contributed by atoms with E-state index >= 15 is 0 Å². The summed E-state index contributed by atoms with van der Waals surface area (Å²) in [5.74, 6) is 0. The maximum Gasteiger partial charge on any atom is 0.243 e. The first-order valence-electron chi connectivity index (χ1n) is 6.36. The molecule has 0 saturated carbocycles. The number of nitrogens with two attached hydrogens (primary N) is 1. The molecule has 110 valence electrons. The van der Waals surface area contributed by atoms with Crippen molar-refractivity contribution in [2.45, 2.75) is 57.0 Å². The summed E-state index contributed by atoms with van der Waals surface area (Å²) in [6, 6.07) is 1.64. The molecule has 0 aromatic carbocycles. The van der Waals surface area contributed by atoms with Crippen LogP contribution in [-0.2, 0) is 16.6 Å². The average Bonchev–Trinajstić information content (AvgIpc) is 2.78. The Kier molecular flexibility index (Phi) is 6.00. The van der Waals surface area contributed by atoms with Gasteiger partial charge in [0, 0.05) is 17.0 Å². The zero-order valence-corrected chi connectivity index (χ0v) is 14.7. The van der Waals surface area contributed by atoms with Gasteiger partial charge in [0.05, 0.1) is 3.79 Å². The van der Waals surface area contributed by atoms with Gasteiger partial charge in [-0.2, -0.15) is 0 Å². The predicted octanol–water partition coefficient (Wildman–Crippen LogP) is 3.22. The topological polar surface area (TPSA) is 72.2 Å². The third-order valence-corrected chi connectivity index (χ3v) is 7.43. The summed E-state index contributed by atoms with van der Waals surface area (Å²) >= 11 is 4.67. The van der Waals surface area contributed by atoms with Crippen molar-refractivity contribution in [3.8, 4) is 0 Å². The van der Waals surface area contributed by atoms with Gasteiger partial charge in [0.25, 0.3) is 0 Å². The SMILES string of the molecule is CCC(CC)(CC)NS(=O)(=O)c1cc(CN)sc1Br. The van der Waals surface area contributed by atoms with Crippen LogP contribution in [0.4, 0.5) is 0 Å². The van der Waals surface area contributed by atoms with Crippen molar-refractivity contribution in [2.75, 3.05) is 0 Å². The second kappa shape index (κ2) is 6.67. The Morgan fingerprint density at radius 1 is 1.32 bits per heavy atom. The molecule has 0 radical (unpaired) electrons. The lowest BCUT2D eigenvalue weighted by Gasteiger charge is -2.31. The van der Waals surface area contributed by atoms with E-state index in [2.05, 4.69) is 20.7 Å². The Morgan fingerprint density at radius 3 is 2.21 bits per heavy atom. The second-order valence-electron chi connectivity index (χ2n) is 4.50. The van der Waals surface area contributed by atoms with E-state index in [0.717, 1.165) is 24.1 Å². The first-order chi connectivity index (χ1) is 8.84. The van der Waals surface area contributed by atoms with Crippen LogP contribution in [0.1, 0.15) is 44.9 Å². The van der Waals surface area contributed by atoms with Gasteiger partial charge in [-0.15, -0.1) is 11.3 Å². The molecule has 3 N–H and O–H groups in total. The van der Waals surface area contributed by atoms with Crippen molar-refractivity contribution in [2.24, 2.45) is 5.73 Å². The van der Waals surface area contributed by atoms with E-state index in [4.69, 9.17) is 5.73 Å². The van der Waals surface area contributed by atoms with Gasteiger partial charge >= 0.3 is 0 Å². The Labute approximate surface area is 128 Å². The summed E-state index contributed by atoms with van der Waals surface area (Å²) in [5, 5.41) is 0. The van der Waals surface area contributed by atoms with Crippen molar-refractivity contribution in [3.05, 3.63) is 14.7 Å². The first-order valence-corrected chi connectivity index (χ1v) is 9.45. The van der Waals surface area contributed by atoms with Crippen LogP contribution < -0.4 is 10.5 Å². The van der Waals surface area contributed by atoms with E-state index in [9.17, 15) is 8.42 Å². The van der Waals surface area contributed by atoms with Crippen LogP contribution in [0.15, 0.2) is 14.7 Å². The van der Waals surface area contributed by atoms with Crippen molar-refractivity contribution in [1.29, 1.82) is 0 Å². The van der Waals surface area contributed by atoms with E-state index in [0.29, 0.717) is 10.3 Å². The molecule has 4 nitrogen and oxygen atoms in total. The number of hydrogen-bond donors (Lipinski definition) is 2. The molecule has 1 aromatic rings. The second-order valence-corrected chi connectivity index (χ2v) is 8.61. The molecular formula is C12H21BrN2O2S2. The smallest absolute Gasteiger partial charge is 0.243 e. The summed E-state index contributed by atoms with van der Waals surface area (Å²) in [5.41, 5.74) is 5.18. The zero-order chi connectivity index (χ0) is 14.7. The molecule has 0 amide bonds. The molecule has 0 bridgehead atoms. The van der Waals surface area contributed by atoms with Gasteiger partial charge in [-0.25, -0.2) is 13.1 Å². The highest BCUT2D eigenvalue weighted by Gasteiger charge is 2.32. The third-order valence-electron chi connectivity index (χ3n) is 3.58. The molecule has 1 heterocycles. The molecule has 1 rings (SSSR count). The van der Waals surface area contributed by atoms with Crippen molar-refractivity contribution < 1.29 is 8.42 Å². The van der Waals surface area contributed by atoms with Crippen LogP contribution in [-0.4, -0.2) is 14.0 Å². The van der Waals surface area contributed by atoms with Crippen LogP contribution in [0.3, 0.4) is 0 Å². The maximum atomic E-state index is 12.5. The van der Waals surface area contributed by atoms with Gasteiger partial charge in [-0.1, -0.05) is 20.8 Å². The van der Waals surface area contributed by atoms with Crippen LogP contribution in [0.25, 0.3) is 0 Å². The zero-order valence-electron chi connectivity index (χ0n) is 11.5. The molecule has 0 aliphatic heterocycles. The van der Waals surface area contributed by atoms with Crippen LogP contribution in [0.2, 0.25) is 0 Å². The molecule has 0 aliphatic carbocycles. The van der Waals surface area contributed by atoms with Gasteiger partial charge < -0.3 is 5.73 Å². The molecular weight excluding hydrogens is 348 g/mol. The van der Waals surface area contributed by atoms with Crippen LogP contribution in [0.5, 0.6) is 0 Å². The largest absolute Gasteiger partial charge is 0.326 e. The van der Waals surface area contributed by atoms with E-state index in [1.165, 1.54) is 11.3 Å². The van der Waals surface area contributed by atoms with E-state index < -0.39 is 10.0 Å².